The molecule has 0 unspecified atom stereocenters. The van der Waals surface area contributed by atoms with Gasteiger partial charge in [-0.2, -0.15) is 11.8 Å². The second-order valence-corrected chi connectivity index (χ2v) is 7.04. The third-order valence-electron chi connectivity index (χ3n) is 2.99. The highest BCUT2D eigenvalue weighted by molar-refractivity contribution is 9.10. The van der Waals surface area contributed by atoms with Gasteiger partial charge in [0.25, 0.3) is 0 Å². The van der Waals surface area contributed by atoms with E-state index in [1.807, 2.05) is 0 Å². The maximum atomic E-state index is 3.67. The number of benzene rings is 1. The zero-order valence-corrected chi connectivity index (χ0v) is 11.7. The number of rotatable bonds is 4. The van der Waals surface area contributed by atoms with E-state index in [0.29, 0.717) is 5.41 Å². The van der Waals surface area contributed by atoms with Gasteiger partial charge in [-0.3, -0.25) is 0 Å². The van der Waals surface area contributed by atoms with Crippen LogP contribution in [0.4, 0.5) is 0 Å². The van der Waals surface area contributed by atoms with Crippen molar-refractivity contribution in [3.8, 4) is 0 Å². The molecule has 15 heavy (non-hydrogen) atoms. The molecule has 1 saturated carbocycles. The van der Waals surface area contributed by atoms with E-state index in [4.69, 9.17) is 0 Å². The van der Waals surface area contributed by atoms with Crippen molar-refractivity contribution in [1.29, 1.82) is 0 Å². The second kappa shape index (κ2) is 4.50. The van der Waals surface area contributed by atoms with Crippen LogP contribution in [0.2, 0.25) is 0 Å². The molecule has 0 aliphatic heterocycles. The molecule has 2 rings (SSSR count). The highest BCUT2D eigenvalue weighted by Gasteiger charge is 2.45. The molecule has 0 nitrogen and oxygen atoms in total. The Morgan fingerprint density at radius 3 is 2.53 bits per heavy atom. The van der Waals surface area contributed by atoms with Crippen LogP contribution in [0, 0.1) is 0 Å². The first kappa shape index (κ1) is 11.5. The maximum Gasteiger partial charge on any atom is 0.0213 e. The smallest absolute Gasteiger partial charge is 0.0213 e. The average Bonchev–Trinajstić information content (AvgIpc) is 2.97. The molecule has 0 saturated heterocycles. The van der Waals surface area contributed by atoms with E-state index in [0.717, 1.165) is 5.25 Å². The molecule has 1 aliphatic carbocycles. The molecule has 1 fully saturated rings. The Morgan fingerprint density at radius 1 is 1.33 bits per heavy atom. The Balaban J connectivity index is 2.13. The van der Waals surface area contributed by atoms with Gasteiger partial charge in [0, 0.05) is 15.6 Å². The molecule has 0 amide bonds. The lowest BCUT2D eigenvalue weighted by molar-refractivity contribution is 0.794. The quantitative estimate of drug-likeness (QED) is 0.777. The zero-order chi connectivity index (χ0) is 10.9. The van der Waals surface area contributed by atoms with E-state index in [2.05, 4.69) is 65.8 Å². The number of hydrogen-bond donors (Lipinski definition) is 0. The monoisotopic (exact) mass is 284 g/mol. The van der Waals surface area contributed by atoms with Crippen molar-refractivity contribution in [2.75, 3.05) is 5.75 Å². The van der Waals surface area contributed by atoms with E-state index in [1.165, 1.54) is 28.6 Å². The van der Waals surface area contributed by atoms with Crippen LogP contribution in [-0.4, -0.2) is 11.0 Å². The van der Waals surface area contributed by atoms with Crippen molar-refractivity contribution in [3.63, 3.8) is 0 Å². The molecule has 0 spiro atoms. The molecule has 0 radical (unpaired) electrons. The molecule has 82 valence electrons. The summed E-state index contributed by atoms with van der Waals surface area (Å²) in [5.41, 5.74) is 1.99. The number of thioether (sulfide) groups is 1. The lowest BCUT2D eigenvalue weighted by Crippen LogP contribution is -2.12. The summed E-state index contributed by atoms with van der Waals surface area (Å²) in [7, 11) is 0. The molecule has 0 heterocycles. The third-order valence-corrected chi connectivity index (χ3v) is 5.07. The summed E-state index contributed by atoms with van der Waals surface area (Å²) >= 11 is 5.75. The topological polar surface area (TPSA) is 0 Å². The lowest BCUT2D eigenvalue weighted by Gasteiger charge is -2.18. The Kier molecular flexibility index (Phi) is 3.46. The van der Waals surface area contributed by atoms with Gasteiger partial charge in [-0.05, 0) is 29.7 Å². The molecule has 1 aromatic rings. The molecule has 0 N–H and O–H groups in total. The summed E-state index contributed by atoms with van der Waals surface area (Å²) in [6, 6.07) is 8.69. The first-order valence-electron chi connectivity index (χ1n) is 5.51. The van der Waals surface area contributed by atoms with Gasteiger partial charge in [-0.1, -0.05) is 48.0 Å². The fourth-order valence-electron chi connectivity index (χ4n) is 1.86. The van der Waals surface area contributed by atoms with Crippen LogP contribution in [0.1, 0.15) is 32.3 Å². The van der Waals surface area contributed by atoms with Crippen LogP contribution in [-0.2, 0) is 5.41 Å². The van der Waals surface area contributed by atoms with Crippen molar-refractivity contribution >= 4 is 27.7 Å². The van der Waals surface area contributed by atoms with Crippen LogP contribution in [0.25, 0.3) is 0 Å². The van der Waals surface area contributed by atoms with E-state index in [1.54, 1.807) is 0 Å². The molecule has 0 aromatic heterocycles. The molecule has 2 heteroatoms. The van der Waals surface area contributed by atoms with Crippen molar-refractivity contribution in [3.05, 3.63) is 34.3 Å². The summed E-state index contributed by atoms with van der Waals surface area (Å²) in [6.07, 6.45) is 2.71. The normalized spacial score (nSPS) is 18.1. The molecule has 0 atom stereocenters. The minimum absolute atomic E-state index is 0.481. The predicted octanol–water partition coefficient (Wildman–Crippen LogP) is 4.62. The van der Waals surface area contributed by atoms with Gasteiger partial charge in [0.2, 0.25) is 0 Å². The maximum absolute atomic E-state index is 3.67. The van der Waals surface area contributed by atoms with Crippen molar-refractivity contribution in [2.24, 2.45) is 0 Å². The highest BCUT2D eigenvalue weighted by Crippen LogP contribution is 2.52. The molecular weight excluding hydrogens is 268 g/mol. The number of halogens is 1. The summed E-state index contributed by atoms with van der Waals surface area (Å²) in [5.74, 6) is 1.27. The van der Waals surface area contributed by atoms with Crippen LogP contribution < -0.4 is 0 Å². The van der Waals surface area contributed by atoms with Crippen LogP contribution >= 0.6 is 27.7 Å². The van der Waals surface area contributed by atoms with Gasteiger partial charge in [-0.15, -0.1) is 0 Å². The van der Waals surface area contributed by atoms with Crippen molar-refractivity contribution in [2.45, 2.75) is 37.4 Å². The fraction of sp³-hybridized carbons (Fsp3) is 0.538. The minimum atomic E-state index is 0.481. The summed E-state index contributed by atoms with van der Waals surface area (Å²) in [4.78, 5) is 0. The Morgan fingerprint density at radius 2 is 2.00 bits per heavy atom. The van der Waals surface area contributed by atoms with E-state index in [-0.39, 0.29) is 0 Å². The SMILES string of the molecule is CC(C)SCC1(c2ccccc2Br)CC1. The largest absolute Gasteiger partial charge is 0.158 e. The molecule has 0 bridgehead atoms. The summed E-state index contributed by atoms with van der Waals surface area (Å²) in [5, 5.41) is 0.741. The molecular formula is C13H17BrS. The van der Waals surface area contributed by atoms with Gasteiger partial charge in [-0.25, -0.2) is 0 Å². The van der Waals surface area contributed by atoms with Gasteiger partial charge in [0.05, 0.1) is 0 Å². The summed E-state index contributed by atoms with van der Waals surface area (Å²) < 4.78 is 1.28. The predicted molar refractivity (Wildman–Crippen MR) is 72.6 cm³/mol. The average molecular weight is 285 g/mol. The second-order valence-electron chi connectivity index (χ2n) is 4.62. The van der Waals surface area contributed by atoms with Crippen LogP contribution in [0.5, 0.6) is 0 Å². The van der Waals surface area contributed by atoms with Gasteiger partial charge >= 0.3 is 0 Å². The first-order chi connectivity index (χ1) is 7.14. The first-order valence-corrected chi connectivity index (χ1v) is 7.35. The van der Waals surface area contributed by atoms with Crippen LogP contribution in [0.3, 0.4) is 0 Å². The zero-order valence-electron chi connectivity index (χ0n) is 9.29. The Labute approximate surface area is 105 Å². The standard InChI is InChI=1S/C13H17BrS/c1-10(2)15-9-13(7-8-13)11-5-3-4-6-12(11)14/h3-6,10H,7-9H2,1-2H3. The summed E-state index contributed by atoms with van der Waals surface area (Å²) in [6.45, 7) is 4.56. The van der Waals surface area contributed by atoms with Crippen molar-refractivity contribution < 1.29 is 0 Å². The lowest BCUT2D eigenvalue weighted by atomic mass is 9.98. The van der Waals surface area contributed by atoms with Gasteiger partial charge in [0.1, 0.15) is 0 Å². The molecule has 1 aromatic carbocycles. The Hall–Kier alpha value is 0.0500. The minimum Gasteiger partial charge on any atom is -0.158 e. The van der Waals surface area contributed by atoms with E-state index < -0.39 is 0 Å². The number of hydrogen-bond acceptors (Lipinski definition) is 1. The molecule has 1 aliphatic rings. The fourth-order valence-corrected chi connectivity index (χ4v) is 3.66. The van der Waals surface area contributed by atoms with Gasteiger partial charge in [0.15, 0.2) is 0 Å². The van der Waals surface area contributed by atoms with Gasteiger partial charge < -0.3 is 0 Å². The Bertz CT molecular complexity index is 342. The third kappa shape index (κ3) is 2.59. The van der Waals surface area contributed by atoms with Crippen molar-refractivity contribution in [1.82, 2.24) is 0 Å². The highest BCUT2D eigenvalue weighted by atomic mass is 79.9. The van der Waals surface area contributed by atoms with E-state index >= 15 is 0 Å². The van der Waals surface area contributed by atoms with E-state index in [9.17, 15) is 0 Å². The van der Waals surface area contributed by atoms with Crippen LogP contribution in [0.15, 0.2) is 28.7 Å².